The minimum Gasteiger partial charge on any atom is -0.502 e. The molecule has 0 radical (unpaired) electrons. The summed E-state index contributed by atoms with van der Waals surface area (Å²) in [6.45, 7) is 2.95. The summed E-state index contributed by atoms with van der Waals surface area (Å²) in [5, 5.41) is 14.6. The summed E-state index contributed by atoms with van der Waals surface area (Å²) in [7, 11) is 1.55. The molecule has 9 nitrogen and oxygen atoms in total. The summed E-state index contributed by atoms with van der Waals surface area (Å²) >= 11 is 0. The van der Waals surface area contributed by atoms with Gasteiger partial charge >= 0.3 is 0 Å². The number of carbonyl (C=O) groups excluding carboxylic acids is 2. The van der Waals surface area contributed by atoms with Gasteiger partial charge in [-0.25, -0.2) is 8.78 Å². The summed E-state index contributed by atoms with van der Waals surface area (Å²) in [5.74, 6) is -3.84. The molecule has 0 aliphatic carbocycles. The number of nitrogens with zero attached hydrogens (tertiary/aromatic N) is 3. The molecule has 32 heavy (non-hydrogen) atoms. The smallest absolute Gasteiger partial charge is 0.277 e. The maximum Gasteiger partial charge on any atom is 0.277 e. The first-order chi connectivity index (χ1) is 15.3. The van der Waals surface area contributed by atoms with E-state index in [4.69, 9.17) is 4.74 Å². The van der Waals surface area contributed by atoms with E-state index in [1.165, 1.54) is 21.8 Å². The van der Waals surface area contributed by atoms with Crippen molar-refractivity contribution in [2.45, 2.75) is 19.9 Å². The van der Waals surface area contributed by atoms with Gasteiger partial charge in [-0.3, -0.25) is 24.1 Å². The standard InChI is InChI=1S/C21H24F2N4O5/c1-3-26-12-25(7-4-8-32-2)21(31)17-19(29)18(28)15(11-27(17)26)20(30)24-10-13-5-6-14(22)9-16(13)23/h5-6,9,11,29H,3-4,7-8,10,12H2,1-2H3,(H,24,30). The van der Waals surface area contributed by atoms with Crippen LogP contribution in [0.2, 0.25) is 0 Å². The second kappa shape index (κ2) is 9.77. The number of nitrogens with one attached hydrogen (secondary N) is 1. The van der Waals surface area contributed by atoms with Gasteiger partial charge in [-0.15, -0.1) is 0 Å². The van der Waals surface area contributed by atoms with Crippen LogP contribution in [0, 0.1) is 11.6 Å². The molecule has 11 heteroatoms. The fraction of sp³-hybridized carbons (Fsp3) is 0.381. The predicted octanol–water partition coefficient (Wildman–Crippen LogP) is 1.17. The van der Waals surface area contributed by atoms with Crippen molar-refractivity contribution in [3.05, 3.63) is 63.1 Å². The first kappa shape index (κ1) is 23.2. The van der Waals surface area contributed by atoms with Crippen LogP contribution in [0.3, 0.4) is 0 Å². The van der Waals surface area contributed by atoms with Gasteiger partial charge in [-0.2, -0.15) is 0 Å². The Morgan fingerprint density at radius 1 is 1.28 bits per heavy atom. The molecule has 1 aliphatic rings. The molecular formula is C21H24F2N4O5. The fourth-order valence-electron chi connectivity index (χ4n) is 3.41. The van der Waals surface area contributed by atoms with E-state index in [1.54, 1.807) is 12.1 Å². The molecule has 2 N–H and O–H groups in total. The SMILES string of the molecule is CCN1CN(CCCOC)C(=O)c2c(O)c(=O)c(C(=O)NCc3ccc(F)cc3F)cn21. The summed E-state index contributed by atoms with van der Waals surface area (Å²) < 4.78 is 33.1. The molecule has 3 rings (SSSR count). The molecule has 172 valence electrons. The van der Waals surface area contributed by atoms with Crippen molar-refractivity contribution in [1.82, 2.24) is 14.9 Å². The number of benzene rings is 1. The van der Waals surface area contributed by atoms with Crippen molar-refractivity contribution >= 4 is 11.8 Å². The first-order valence-corrected chi connectivity index (χ1v) is 10.0. The quantitative estimate of drug-likeness (QED) is 0.586. The Hall–Kier alpha value is -3.47. The third-order valence-electron chi connectivity index (χ3n) is 5.13. The van der Waals surface area contributed by atoms with Crippen LogP contribution in [-0.2, 0) is 11.3 Å². The molecule has 2 amide bonds. The van der Waals surface area contributed by atoms with E-state index in [9.17, 15) is 28.3 Å². The third-order valence-corrected chi connectivity index (χ3v) is 5.13. The summed E-state index contributed by atoms with van der Waals surface area (Å²) in [5.41, 5.74) is -1.63. The lowest BCUT2D eigenvalue weighted by molar-refractivity contribution is 0.0667. The number of hydrogen-bond donors (Lipinski definition) is 2. The number of rotatable bonds is 8. The average Bonchev–Trinajstić information content (AvgIpc) is 2.76. The highest BCUT2D eigenvalue weighted by atomic mass is 19.1. The second-order valence-corrected chi connectivity index (χ2v) is 7.21. The van der Waals surface area contributed by atoms with E-state index >= 15 is 0 Å². The molecule has 0 unspecified atom stereocenters. The topological polar surface area (TPSA) is 104 Å². The Kier molecular flexibility index (Phi) is 7.08. The third kappa shape index (κ3) is 4.57. The largest absolute Gasteiger partial charge is 0.502 e. The van der Waals surface area contributed by atoms with E-state index in [2.05, 4.69) is 5.32 Å². The number of hydrogen-bond acceptors (Lipinski definition) is 6. The van der Waals surface area contributed by atoms with Crippen LogP contribution in [0.4, 0.5) is 8.78 Å². The predicted molar refractivity (Wildman–Crippen MR) is 111 cm³/mol. The van der Waals surface area contributed by atoms with Gasteiger partial charge in [0.15, 0.2) is 11.4 Å². The van der Waals surface area contributed by atoms with Crippen LogP contribution in [0.5, 0.6) is 5.75 Å². The molecule has 0 saturated heterocycles. The highest BCUT2D eigenvalue weighted by molar-refractivity contribution is 5.99. The minimum absolute atomic E-state index is 0.0269. The van der Waals surface area contributed by atoms with Gasteiger partial charge in [-0.1, -0.05) is 6.07 Å². The minimum atomic E-state index is -1.02. The van der Waals surface area contributed by atoms with Gasteiger partial charge in [0.2, 0.25) is 5.43 Å². The van der Waals surface area contributed by atoms with Crippen molar-refractivity contribution < 1.29 is 28.2 Å². The molecule has 1 aromatic heterocycles. The highest BCUT2D eigenvalue weighted by Crippen LogP contribution is 2.21. The lowest BCUT2D eigenvalue weighted by Crippen LogP contribution is -2.54. The summed E-state index contributed by atoms with van der Waals surface area (Å²) in [6, 6.07) is 2.91. The summed E-state index contributed by atoms with van der Waals surface area (Å²) in [4.78, 5) is 39.6. The Morgan fingerprint density at radius 2 is 2.03 bits per heavy atom. The number of amides is 2. The molecule has 0 fully saturated rings. The number of halogens is 2. The van der Waals surface area contributed by atoms with Gasteiger partial charge in [-0.05, 0) is 19.4 Å². The number of methoxy groups -OCH3 is 1. The van der Waals surface area contributed by atoms with Crippen LogP contribution in [-0.4, -0.2) is 60.0 Å². The molecule has 0 spiro atoms. The lowest BCUT2D eigenvalue weighted by atomic mass is 10.1. The van der Waals surface area contributed by atoms with Crippen molar-refractivity contribution in [3.8, 4) is 5.75 Å². The van der Waals surface area contributed by atoms with Crippen LogP contribution in [0.1, 0.15) is 39.8 Å². The molecule has 2 heterocycles. The van der Waals surface area contributed by atoms with Crippen LogP contribution in [0.25, 0.3) is 0 Å². The van der Waals surface area contributed by atoms with Crippen molar-refractivity contribution in [3.63, 3.8) is 0 Å². The molecule has 2 aromatic rings. The zero-order valence-corrected chi connectivity index (χ0v) is 17.7. The fourth-order valence-corrected chi connectivity index (χ4v) is 3.41. The van der Waals surface area contributed by atoms with Gasteiger partial charge in [0.05, 0.1) is 0 Å². The first-order valence-electron chi connectivity index (χ1n) is 10.0. The lowest BCUT2D eigenvalue weighted by Gasteiger charge is -2.39. The molecule has 0 bridgehead atoms. The van der Waals surface area contributed by atoms with Crippen molar-refractivity contribution in [2.75, 3.05) is 38.5 Å². The van der Waals surface area contributed by atoms with Gasteiger partial charge < -0.3 is 20.1 Å². The zero-order valence-electron chi connectivity index (χ0n) is 17.7. The Bertz CT molecular complexity index is 1090. The van der Waals surface area contributed by atoms with Crippen molar-refractivity contribution in [1.29, 1.82) is 0 Å². The summed E-state index contributed by atoms with van der Waals surface area (Å²) in [6.07, 6.45) is 1.76. The van der Waals surface area contributed by atoms with Crippen molar-refractivity contribution in [2.24, 2.45) is 0 Å². The number of fused-ring (bicyclic) bond motifs is 1. The molecule has 1 aromatic carbocycles. The number of pyridine rings is 1. The van der Waals surface area contributed by atoms with Crippen LogP contribution in [0.15, 0.2) is 29.2 Å². The number of ether oxygens (including phenoxy) is 1. The molecule has 1 aliphatic heterocycles. The van der Waals surface area contributed by atoms with E-state index in [-0.39, 0.29) is 24.5 Å². The average molecular weight is 450 g/mol. The van der Waals surface area contributed by atoms with Gasteiger partial charge in [0, 0.05) is 51.2 Å². The maximum atomic E-state index is 13.8. The Morgan fingerprint density at radius 3 is 2.69 bits per heavy atom. The van der Waals surface area contributed by atoms with Crippen LogP contribution < -0.4 is 15.8 Å². The highest BCUT2D eigenvalue weighted by Gasteiger charge is 2.33. The van der Waals surface area contributed by atoms with Crippen LogP contribution >= 0.6 is 0 Å². The van der Waals surface area contributed by atoms with E-state index in [1.807, 2.05) is 6.92 Å². The Balaban J connectivity index is 1.88. The Labute approximate surface area is 182 Å². The molecule has 0 atom stereocenters. The van der Waals surface area contributed by atoms with E-state index < -0.39 is 40.2 Å². The van der Waals surface area contributed by atoms with E-state index in [0.717, 1.165) is 6.07 Å². The monoisotopic (exact) mass is 450 g/mol. The zero-order chi connectivity index (χ0) is 23.4. The second-order valence-electron chi connectivity index (χ2n) is 7.21. The number of aromatic nitrogens is 1. The molecule has 0 saturated carbocycles. The maximum absolute atomic E-state index is 13.8. The number of carbonyl (C=O) groups is 2. The van der Waals surface area contributed by atoms with Gasteiger partial charge in [0.1, 0.15) is 23.9 Å². The normalized spacial score (nSPS) is 13.3. The van der Waals surface area contributed by atoms with E-state index in [0.29, 0.717) is 32.2 Å². The molecular weight excluding hydrogens is 426 g/mol. The number of aromatic hydroxyl groups is 1. The van der Waals surface area contributed by atoms with Gasteiger partial charge in [0.25, 0.3) is 11.8 Å².